The van der Waals surface area contributed by atoms with Crippen molar-refractivity contribution in [2.24, 2.45) is 4.99 Å². The molecule has 0 aliphatic heterocycles. The van der Waals surface area contributed by atoms with E-state index in [0.717, 1.165) is 43.5 Å². The number of rotatable bonds is 6. The monoisotopic (exact) mass is 470 g/mol. The molecule has 3 N–H and O–H groups in total. The molecule has 0 amide bonds. The molecule has 0 bridgehead atoms. The number of aromatic nitrogens is 1. The minimum absolute atomic E-state index is 0. The molecule has 26 heavy (non-hydrogen) atoms. The lowest BCUT2D eigenvalue weighted by molar-refractivity contribution is 0.0522. The molecular formula is C19H27IN4O2. The highest BCUT2D eigenvalue weighted by Gasteiger charge is 2.30. The first kappa shape index (κ1) is 20.7. The van der Waals surface area contributed by atoms with Gasteiger partial charge >= 0.3 is 0 Å². The summed E-state index contributed by atoms with van der Waals surface area (Å²) in [4.78, 5) is 9.03. The van der Waals surface area contributed by atoms with Crippen LogP contribution in [0.2, 0.25) is 0 Å². The maximum absolute atomic E-state index is 10.5. The Morgan fingerprint density at radius 3 is 2.65 bits per heavy atom. The second kappa shape index (κ2) is 9.91. The van der Waals surface area contributed by atoms with Gasteiger partial charge in [0.15, 0.2) is 5.96 Å². The van der Waals surface area contributed by atoms with Crippen LogP contribution in [-0.2, 0) is 6.54 Å². The van der Waals surface area contributed by atoms with E-state index in [0.29, 0.717) is 24.9 Å². The summed E-state index contributed by atoms with van der Waals surface area (Å²) in [6.07, 6.45) is 5.52. The number of halogens is 1. The number of nitrogens with one attached hydrogen (secondary N) is 2. The maximum atomic E-state index is 10.5. The first-order valence-corrected chi connectivity index (χ1v) is 8.93. The molecule has 7 heteroatoms. The zero-order valence-corrected chi connectivity index (χ0v) is 17.4. The van der Waals surface area contributed by atoms with Crippen molar-refractivity contribution >= 4 is 29.9 Å². The fourth-order valence-electron chi connectivity index (χ4n) is 3.05. The number of aliphatic hydroxyl groups is 1. The van der Waals surface area contributed by atoms with Crippen LogP contribution in [0.25, 0.3) is 11.5 Å². The summed E-state index contributed by atoms with van der Waals surface area (Å²) < 4.78 is 5.54. The highest BCUT2D eigenvalue weighted by molar-refractivity contribution is 14.0. The average Bonchev–Trinajstić information content (AvgIpc) is 3.28. The van der Waals surface area contributed by atoms with E-state index in [-0.39, 0.29) is 24.0 Å². The molecular weight excluding hydrogens is 443 g/mol. The Labute approximate surface area is 171 Å². The number of benzene rings is 1. The summed E-state index contributed by atoms with van der Waals surface area (Å²) in [6, 6.07) is 9.81. The Morgan fingerprint density at radius 1 is 1.23 bits per heavy atom. The molecule has 2 aromatic rings. The maximum Gasteiger partial charge on any atom is 0.226 e. The van der Waals surface area contributed by atoms with Crippen LogP contribution < -0.4 is 10.6 Å². The summed E-state index contributed by atoms with van der Waals surface area (Å²) in [7, 11) is 0. The van der Waals surface area contributed by atoms with Crippen molar-refractivity contribution in [2.75, 3.05) is 13.1 Å². The van der Waals surface area contributed by atoms with Gasteiger partial charge in [-0.3, -0.25) is 0 Å². The molecule has 6 nitrogen and oxygen atoms in total. The van der Waals surface area contributed by atoms with Crippen LogP contribution in [0.5, 0.6) is 0 Å². The molecule has 1 saturated carbocycles. The molecule has 0 radical (unpaired) electrons. The predicted octanol–water partition coefficient (Wildman–Crippen LogP) is 3.32. The first-order valence-electron chi connectivity index (χ1n) is 8.93. The van der Waals surface area contributed by atoms with Crippen molar-refractivity contribution in [2.45, 2.75) is 44.8 Å². The van der Waals surface area contributed by atoms with Crippen molar-refractivity contribution in [3.05, 3.63) is 42.3 Å². The Hall–Kier alpha value is -1.61. The molecule has 1 aliphatic carbocycles. The Morgan fingerprint density at radius 2 is 1.96 bits per heavy atom. The van der Waals surface area contributed by atoms with Crippen LogP contribution in [-0.4, -0.2) is 34.7 Å². The molecule has 142 valence electrons. The van der Waals surface area contributed by atoms with Gasteiger partial charge in [-0.25, -0.2) is 9.98 Å². The number of guanidine groups is 1. The fraction of sp³-hybridized carbons (Fsp3) is 0.474. The second-order valence-electron chi connectivity index (χ2n) is 6.49. The standard InChI is InChI=1S/C19H26N4O2.HI/c1-2-20-18(22-14-19(24)10-6-7-11-19)21-12-16-13-25-17(23-16)15-8-4-3-5-9-15;/h3-5,8-9,13,24H,2,6-7,10-12,14H2,1H3,(H2,20,21,22);1H. The quantitative estimate of drug-likeness (QED) is 0.343. The van der Waals surface area contributed by atoms with Crippen LogP contribution >= 0.6 is 24.0 Å². The highest BCUT2D eigenvalue weighted by atomic mass is 127. The molecule has 0 saturated heterocycles. The van der Waals surface area contributed by atoms with E-state index >= 15 is 0 Å². The predicted molar refractivity (Wildman–Crippen MR) is 114 cm³/mol. The Balaban J connectivity index is 0.00000243. The van der Waals surface area contributed by atoms with Crippen LogP contribution in [0, 0.1) is 0 Å². The summed E-state index contributed by atoms with van der Waals surface area (Å²) in [5, 5.41) is 16.9. The van der Waals surface area contributed by atoms with Crippen LogP contribution in [0.15, 0.2) is 46.0 Å². The SMILES string of the molecule is CCNC(=NCc1coc(-c2ccccc2)n1)NCC1(O)CCCC1.I. The van der Waals surface area contributed by atoms with Crippen molar-refractivity contribution < 1.29 is 9.52 Å². The molecule has 1 aromatic carbocycles. The van der Waals surface area contributed by atoms with Crippen molar-refractivity contribution in [3.8, 4) is 11.5 Å². The van der Waals surface area contributed by atoms with Gasteiger partial charge in [0.25, 0.3) is 0 Å². The molecule has 0 atom stereocenters. The fourth-order valence-corrected chi connectivity index (χ4v) is 3.05. The van der Waals surface area contributed by atoms with Crippen molar-refractivity contribution in [1.29, 1.82) is 0 Å². The van der Waals surface area contributed by atoms with Gasteiger partial charge in [0.05, 0.1) is 12.1 Å². The van der Waals surface area contributed by atoms with E-state index in [1.165, 1.54) is 0 Å². The van der Waals surface area contributed by atoms with Gasteiger partial charge in [0.2, 0.25) is 5.89 Å². The number of hydrogen-bond acceptors (Lipinski definition) is 4. The van der Waals surface area contributed by atoms with Gasteiger partial charge in [-0.05, 0) is 31.9 Å². The molecule has 1 aliphatic rings. The molecule has 0 unspecified atom stereocenters. The van der Waals surface area contributed by atoms with Gasteiger partial charge in [-0.1, -0.05) is 31.0 Å². The van der Waals surface area contributed by atoms with Crippen molar-refractivity contribution in [1.82, 2.24) is 15.6 Å². The summed E-state index contributed by atoms with van der Waals surface area (Å²) in [6.45, 7) is 3.72. The van der Waals surface area contributed by atoms with Gasteiger partial charge in [-0.2, -0.15) is 0 Å². The number of nitrogens with zero attached hydrogens (tertiary/aromatic N) is 2. The van der Waals surface area contributed by atoms with E-state index in [1.54, 1.807) is 6.26 Å². The van der Waals surface area contributed by atoms with Crippen LogP contribution in [0.1, 0.15) is 38.3 Å². The number of oxazole rings is 1. The third kappa shape index (κ3) is 5.70. The number of aliphatic imine (C=N–C) groups is 1. The number of hydrogen-bond donors (Lipinski definition) is 3. The van der Waals surface area contributed by atoms with Gasteiger partial charge < -0.3 is 20.2 Å². The lowest BCUT2D eigenvalue weighted by Gasteiger charge is -2.23. The molecule has 1 heterocycles. The highest BCUT2D eigenvalue weighted by Crippen LogP contribution is 2.28. The van der Waals surface area contributed by atoms with E-state index in [2.05, 4.69) is 20.6 Å². The van der Waals surface area contributed by atoms with Crippen LogP contribution in [0.4, 0.5) is 0 Å². The van der Waals surface area contributed by atoms with E-state index < -0.39 is 5.60 Å². The Kier molecular flexibility index (Phi) is 7.89. The zero-order chi connectivity index (χ0) is 17.5. The minimum Gasteiger partial charge on any atom is -0.444 e. The normalized spacial score (nSPS) is 16.2. The summed E-state index contributed by atoms with van der Waals surface area (Å²) >= 11 is 0. The average molecular weight is 470 g/mol. The van der Waals surface area contributed by atoms with Gasteiger partial charge in [0.1, 0.15) is 12.0 Å². The molecule has 0 spiro atoms. The van der Waals surface area contributed by atoms with E-state index in [9.17, 15) is 5.11 Å². The van der Waals surface area contributed by atoms with Crippen molar-refractivity contribution in [3.63, 3.8) is 0 Å². The summed E-state index contributed by atoms with van der Waals surface area (Å²) in [5.41, 5.74) is 1.12. The van der Waals surface area contributed by atoms with Crippen LogP contribution in [0.3, 0.4) is 0 Å². The first-order chi connectivity index (χ1) is 12.2. The summed E-state index contributed by atoms with van der Waals surface area (Å²) in [5.74, 6) is 1.29. The largest absolute Gasteiger partial charge is 0.444 e. The van der Waals surface area contributed by atoms with E-state index in [1.807, 2.05) is 37.3 Å². The second-order valence-corrected chi connectivity index (χ2v) is 6.49. The Bertz CT molecular complexity index is 697. The minimum atomic E-state index is -0.607. The lowest BCUT2D eigenvalue weighted by Crippen LogP contribution is -2.46. The topological polar surface area (TPSA) is 82.7 Å². The third-order valence-corrected chi connectivity index (χ3v) is 4.44. The van der Waals surface area contributed by atoms with Gasteiger partial charge in [0, 0.05) is 18.7 Å². The molecule has 1 aromatic heterocycles. The zero-order valence-electron chi connectivity index (χ0n) is 15.1. The molecule has 3 rings (SSSR count). The smallest absolute Gasteiger partial charge is 0.226 e. The van der Waals surface area contributed by atoms with E-state index in [4.69, 9.17) is 4.42 Å². The molecule has 1 fully saturated rings. The lowest BCUT2D eigenvalue weighted by atomic mass is 10.0. The third-order valence-electron chi connectivity index (χ3n) is 4.44. The van der Waals surface area contributed by atoms with Gasteiger partial charge in [-0.15, -0.1) is 24.0 Å².